The largest absolute Gasteiger partial charge is 0.469 e. The van der Waals surface area contributed by atoms with Crippen LogP contribution in [0, 0.1) is 5.92 Å². The number of Topliss-reactive ketones (excluding diaryl/α,β-unsaturated/α-hetero) is 1. The summed E-state index contributed by atoms with van der Waals surface area (Å²) >= 11 is 0. The van der Waals surface area contributed by atoms with Crippen LogP contribution in [0.3, 0.4) is 0 Å². The first-order valence-corrected chi connectivity index (χ1v) is 4.21. The first-order chi connectivity index (χ1) is 5.61. The summed E-state index contributed by atoms with van der Waals surface area (Å²) in [7, 11) is 1.36. The molecule has 3 heteroatoms. The first kappa shape index (κ1) is 11.1. The third-order valence-electron chi connectivity index (χ3n) is 1.91. The quantitative estimate of drug-likeness (QED) is 0.591. The molecule has 0 fully saturated rings. The van der Waals surface area contributed by atoms with Crippen molar-refractivity contribution in [3.05, 3.63) is 0 Å². The number of esters is 1. The van der Waals surface area contributed by atoms with Crippen molar-refractivity contribution in [3.8, 4) is 0 Å². The van der Waals surface area contributed by atoms with E-state index in [0.717, 1.165) is 0 Å². The second-order valence-electron chi connectivity index (χ2n) is 2.84. The molecule has 0 aromatic heterocycles. The zero-order valence-corrected chi connectivity index (χ0v) is 7.92. The van der Waals surface area contributed by atoms with Crippen molar-refractivity contribution in [2.75, 3.05) is 7.11 Å². The maximum atomic E-state index is 11.1. The molecule has 0 amide bonds. The van der Waals surface area contributed by atoms with Gasteiger partial charge in [-0.25, -0.2) is 0 Å². The lowest BCUT2D eigenvalue weighted by Gasteiger charge is -2.06. The Bertz CT molecular complexity index is 163. The average Bonchev–Trinajstić information content (AvgIpc) is 2.11. The van der Waals surface area contributed by atoms with E-state index in [9.17, 15) is 9.59 Å². The Labute approximate surface area is 73.1 Å². The van der Waals surface area contributed by atoms with Gasteiger partial charge in [0, 0.05) is 18.8 Å². The normalized spacial score (nSPS) is 12.2. The van der Waals surface area contributed by atoms with Crippen molar-refractivity contribution in [2.24, 2.45) is 5.92 Å². The van der Waals surface area contributed by atoms with Crippen LogP contribution in [-0.4, -0.2) is 18.9 Å². The highest BCUT2D eigenvalue weighted by atomic mass is 16.5. The molecule has 0 N–H and O–H groups in total. The summed E-state index contributed by atoms with van der Waals surface area (Å²) in [5.41, 5.74) is 0. The summed E-state index contributed by atoms with van der Waals surface area (Å²) in [4.78, 5) is 21.8. The number of carbonyl (C=O) groups is 2. The van der Waals surface area contributed by atoms with E-state index in [2.05, 4.69) is 4.74 Å². The number of methoxy groups -OCH3 is 1. The molecule has 0 aliphatic rings. The molecule has 1 unspecified atom stereocenters. The third kappa shape index (κ3) is 4.11. The van der Waals surface area contributed by atoms with Crippen molar-refractivity contribution < 1.29 is 14.3 Å². The lowest BCUT2D eigenvalue weighted by molar-refractivity contribution is -0.141. The van der Waals surface area contributed by atoms with Gasteiger partial charge in [-0.05, 0) is 6.42 Å². The van der Waals surface area contributed by atoms with Crippen molar-refractivity contribution in [1.82, 2.24) is 0 Å². The Kier molecular flexibility index (Phi) is 5.34. The molecule has 0 heterocycles. The van der Waals surface area contributed by atoms with Crippen LogP contribution in [0.5, 0.6) is 0 Å². The van der Waals surface area contributed by atoms with Gasteiger partial charge in [-0.15, -0.1) is 0 Å². The zero-order chi connectivity index (χ0) is 9.56. The van der Waals surface area contributed by atoms with Gasteiger partial charge in [-0.3, -0.25) is 9.59 Å². The Morgan fingerprint density at radius 2 is 2.00 bits per heavy atom. The standard InChI is InChI=1S/C9H16O3/c1-4-8(10)7(2)5-6-9(11)12-3/h7H,4-6H2,1-3H3. The van der Waals surface area contributed by atoms with E-state index in [1.165, 1.54) is 7.11 Å². The average molecular weight is 172 g/mol. The number of hydrogen-bond donors (Lipinski definition) is 0. The highest BCUT2D eigenvalue weighted by Crippen LogP contribution is 2.09. The fourth-order valence-electron chi connectivity index (χ4n) is 0.946. The third-order valence-corrected chi connectivity index (χ3v) is 1.91. The predicted octanol–water partition coefficient (Wildman–Crippen LogP) is 1.55. The van der Waals surface area contributed by atoms with E-state index in [4.69, 9.17) is 0 Å². The Balaban J connectivity index is 3.63. The SMILES string of the molecule is CCC(=O)C(C)CCC(=O)OC. The fourth-order valence-corrected chi connectivity index (χ4v) is 0.946. The number of ether oxygens (including phenoxy) is 1. The molecule has 0 spiro atoms. The maximum absolute atomic E-state index is 11.1. The summed E-state index contributed by atoms with van der Waals surface area (Å²) in [6.45, 7) is 3.67. The molecule has 0 bridgehead atoms. The molecule has 0 saturated heterocycles. The number of hydrogen-bond acceptors (Lipinski definition) is 3. The molecule has 0 aliphatic carbocycles. The van der Waals surface area contributed by atoms with Crippen LogP contribution in [0.15, 0.2) is 0 Å². The Hall–Kier alpha value is -0.860. The molecule has 3 nitrogen and oxygen atoms in total. The van der Waals surface area contributed by atoms with Gasteiger partial charge in [0.25, 0.3) is 0 Å². The van der Waals surface area contributed by atoms with E-state index >= 15 is 0 Å². The summed E-state index contributed by atoms with van der Waals surface area (Å²) in [6, 6.07) is 0. The van der Waals surface area contributed by atoms with Gasteiger partial charge in [0.1, 0.15) is 5.78 Å². The molecule has 70 valence electrons. The second kappa shape index (κ2) is 5.75. The lowest BCUT2D eigenvalue weighted by atomic mass is 9.99. The molecule has 1 atom stereocenters. The van der Waals surface area contributed by atoms with Crippen molar-refractivity contribution in [1.29, 1.82) is 0 Å². The summed E-state index contributed by atoms with van der Waals surface area (Å²) < 4.78 is 4.46. The van der Waals surface area contributed by atoms with Crippen LogP contribution in [0.25, 0.3) is 0 Å². The van der Waals surface area contributed by atoms with Gasteiger partial charge in [-0.2, -0.15) is 0 Å². The van der Waals surface area contributed by atoms with Crippen molar-refractivity contribution >= 4 is 11.8 Å². The number of carbonyl (C=O) groups excluding carboxylic acids is 2. The molecule has 0 aromatic rings. The zero-order valence-electron chi connectivity index (χ0n) is 7.92. The number of ketones is 1. The predicted molar refractivity (Wildman–Crippen MR) is 45.7 cm³/mol. The molecule has 0 aliphatic heterocycles. The van der Waals surface area contributed by atoms with Gasteiger partial charge >= 0.3 is 5.97 Å². The smallest absolute Gasteiger partial charge is 0.305 e. The van der Waals surface area contributed by atoms with Crippen LogP contribution < -0.4 is 0 Å². The molecular formula is C9H16O3. The number of rotatable bonds is 5. The first-order valence-electron chi connectivity index (χ1n) is 4.21. The molecule has 0 radical (unpaired) electrons. The molecule has 0 aromatic carbocycles. The highest BCUT2D eigenvalue weighted by Gasteiger charge is 2.12. The van der Waals surface area contributed by atoms with E-state index in [1.54, 1.807) is 0 Å². The van der Waals surface area contributed by atoms with Gasteiger partial charge in [0.05, 0.1) is 7.11 Å². The molecule has 12 heavy (non-hydrogen) atoms. The lowest BCUT2D eigenvalue weighted by Crippen LogP contribution is -2.12. The van der Waals surface area contributed by atoms with Crippen molar-refractivity contribution in [3.63, 3.8) is 0 Å². The second-order valence-corrected chi connectivity index (χ2v) is 2.84. The summed E-state index contributed by atoms with van der Waals surface area (Å²) in [6.07, 6.45) is 1.48. The van der Waals surface area contributed by atoms with Gasteiger partial charge in [0.2, 0.25) is 0 Å². The van der Waals surface area contributed by atoms with E-state index in [0.29, 0.717) is 19.3 Å². The summed E-state index contributed by atoms with van der Waals surface area (Å²) in [5, 5.41) is 0. The minimum Gasteiger partial charge on any atom is -0.469 e. The van der Waals surface area contributed by atoms with E-state index in [1.807, 2.05) is 13.8 Å². The van der Waals surface area contributed by atoms with Crippen LogP contribution in [-0.2, 0) is 14.3 Å². The van der Waals surface area contributed by atoms with Crippen molar-refractivity contribution in [2.45, 2.75) is 33.1 Å². The maximum Gasteiger partial charge on any atom is 0.305 e. The molecule has 0 saturated carbocycles. The monoisotopic (exact) mass is 172 g/mol. The van der Waals surface area contributed by atoms with Gasteiger partial charge in [0.15, 0.2) is 0 Å². The Morgan fingerprint density at radius 3 is 2.42 bits per heavy atom. The van der Waals surface area contributed by atoms with Crippen LogP contribution in [0.2, 0.25) is 0 Å². The van der Waals surface area contributed by atoms with Gasteiger partial charge in [-0.1, -0.05) is 13.8 Å². The topological polar surface area (TPSA) is 43.4 Å². The minimum atomic E-state index is -0.245. The molecule has 0 rings (SSSR count). The van der Waals surface area contributed by atoms with Crippen LogP contribution >= 0.6 is 0 Å². The Morgan fingerprint density at radius 1 is 1.42 bits per heavy atom. The summed E-state index contributed by atoms with van der Waals surface area (Å²) in [5.74, 6) is -0.0567. The van der Waals surface area contributed by atoms with E-state index < -0.39 is 0 Å². The van der Waals surface area contributed by atoms with Crippen LogP contribution in [0.4, 0.5) is 0 Å². The molecular weight excluding hydrogens is 156 g/mol. The fraction of sp³-hybridized carbons (Fsp3) is 0.778. The van der Waals surface area contributed by atoms with Crippen LogP contribution in [0.1, 0.15) is 33.1 Å². The van der Waals surface area contributed by atoms with E-state index in [-0.39, 0.29) is 17.7 Å². The highest BCUT2D eigenvalue weighted by molar-refractivity contribution is 5.81. The minimum absolute atomic E-state index is 0.0194. The van der Waals surface area contributed by atoms with Gasteiger partial charge < -0.3 is 4.74 Å².